The number of hydrogen-bond donors (Lipinski definition) is 3. The second-order valence-electron chi connectivity index (χ2n) is 8.22. The lowest BCUT2D eigenvalue weighted by Crippen LogP contribution is -1.92. The van der Waals surface area contributed by atoms with Gasteiger partial charge in [-0.2, -0.15) is 10.2 Å². The number of nitrogens with one attached hydrogen (secondary N) is 2. The molecule has 0 atom stereocenters. The number of H-pyrrole nitrogens is 2. The highest BCUT2D eigenvalue weighted by Gasteiger charge is 2.20. The average molecular weight is 466 g/mol. The standard InChI is InChI=1S/C24H18N8O3/c1-32-9-14(18(10-33)31-32)15-3-4-16-22(26-15)23(30-29-16)24-27-17-8-25-7-13(21(17)28-24)12-2-5-19-20(6-12)35-11-34-19/h2-9,33H,10-11H2,1H3,(H,27,28)(H,29,30). The summed E-state index contributed by atoms with van der Waals surface area (Å²) in [5, 5.41) is 21.5. The number of ether oxygens (including phenoxy) is 2. The van der Waals surface area contributed by atoms with Gasteiger partial charge in [-0.05, 0) is 29.8 Å². The lowest BCUT2D eigenvalue weighted by molar-refractivity contribution is 0.174. The van der Waals surface area contributed by atoms with Gasteiger partial charge in [0.25, 0.3) is 0 Å². The lowest BCUT2D eigenvalue weighted by atomic mass is 10.1. The molecule has 1 aliphatic heterocycles. The van der Waals surface area contributed by atoms with Crippen molar-refractivity contribution in [2.75, 3.05) is 6.79 Å². The van der Waals surface area contributed by atoms with Crippen LogP contribution in [0.4, 0.5) is 0 Å². The van der Waals surface area contributed by atoms with Gasteiger partial charge in [0, 0.05) is 30.6 Å². The maximum atomic E-state index is 9.69. The maximum absolute atomic E-state index is 9.69. The first-order valence-corrected chi connectivity index (χ1v) is 10.9. The van der Waals surface area contributed by atoms with Crippen LogP contribution in [0.2, 0.25) is 0 Å². The van der Waals surface area contributed by atoms with E-state index in [-0.39, 0.29) is 13.4 Å². The number of aliphatic hydroxyl groups is 1. The van der Waals surface area contributed by atoms with Gasteiger partial charge >= 0.3 is 0 Å². The number of imidazole rings is 1. The third-order valence-corrected chi connectivity index (χ3v) is 6.04. The fourth-order valence-electron chi connectivity index (χ4n) is 4.40. The van der Waals surface area contributed by atoms with Gasteiger partial charge in [-0.25, -0.2) is 9.97 Å². The number of aromatic nitrogens is 8. The van der Waals surface area contributed by atoms with Crippen LogP contribution in [0.3, 0.4) is 0 Å². The molecule has 0 saturated heterocycles. The molecule has 11 nitrogen and oxygen atoms in total. The van der Waals surface area contributed by atoms with E-state index in [1.165, 1.54) is 0 Å². The van der Waals surface area contributed by atoms with E-state index in [0.29, 0.717) is 34.2 Å². The van der Waals surface area contributed by atoms with E-state index in [1.807, 2.05) is 43.6 Å². The second-order valence-corrected chi connectivity index (χ2v) is 8.22. The van der Waals surface area contributed by atoms with Gasteiger partial charge in [0.1, 0.15) is 5.52 Å². The number of hydrogen-bond acceptors (Lipinski definition) is 8. The summed E-state index contributed by atoms with van der Waals surface area (Å²) in [6.45, 7) is 0.0429. The van der Waals surface area contributed by atoms with Crippen molar-refractivity contribution in [2.24, 2.45) is 7.05 Å². The van der Waals surface area contributed by atoms with Crippen LogP contribution >= 0.6 is 0 Å². The molecule has 1 aromatic carbocycles. The van der Waals surface area contributed by atoms with E-state index in [9.17, 15) is 5.11 Å². The van der Waals surface area contributed by atoms with Gasteiger partial charge in [0.2, 0.25) is 6.79 Å². The molecule has 1 aliphatic rings. The molecule has 0 aliphatic carbocycles. The summed E-state index contributed by atoms with van der Waals surface area (Å²) in [4.78, 5) is 17.4. The molecular formula is C24H18N8O3. The lowest BCUT2D eigenvalue weighted by Gasteiger charge is -2.03. The monoisotopic (exact) mass is 466 g/mol. The van der Waals surface area contributed by atoms with Gasteiger partial charge in [0.05, 0.1) is 40.7 Å². The predicted octanol–water partition coefficient (Wildman–Crippen LogP) is 3.18. The Morgan fingerprint density at radius 2 is 1.91 bits per heavy atom. The van der Waals surface area contributed by atoms with E-state index in [4.69, 9.17) is 19.4 Å². The van der Waals surface area contributed by atoms with Crippen LogP contribution in [0, 0.1) is 0 Å². The first-order chi connectivity index (χ1) is 17.2. The largest absolute Gasteiger partial charge is 0.454 e. The molecule has 6 aromatic rings. The molecule has 0 radical (unpaired) electrons. The highest BCUT2D eigenvalue weighted by Crippen LogP contribution is 2.38. The van der Waals surface area contributed by atoms with Crippen LogP contribution in [0.25, 0.3) is 56.0 Å². The van der Waals surface area contributed by atoms with Crippen molar-refractivity contribution in [3.63, 3.8) is 0 Å². The minimum Gasteiger partial charge on any atom is -0.454 e. The first kappa shape index (κ1) is 19.7. The third-order valence-electron chi connectivity index (χ3n) is 6.04. The molecule has 0 bridgehead atoms. The molecule has 0 unspecified atom stereocenters. The zero-order valence-electron chi connectivity index (χ0n) is 18.5. The summed E-state index contributed by atoms with van der Waals surface area (Å²) in [6.07, 6.45) is 5.35. The smallest absolute Gasteiger partial charge is 0.231 e. The summed E-state index contributed by atoms with van der Waals surface area (Å²) >= 11 is 0. The Balaban J connectivity index is 1.36. The Labute approximate surface area is 197 Å². The molecule has 35 heavy (non-hydrogen) atoms. The van der Waals surface area contributed by atoms with Crippen LogP contribution in [-0.4, -0.2) is 51.8 Å². The quantitative estimate of drug-likeness (QED) is 0.360. The van der Waals surface area contributed by atoms with Gasteiger partial charge in [-0.15, -0.1) is 0 Å². The number of pyridine rings is 2. The Hall–Kier alpha value is -4.77. The Bertz CT molecular complexity index is 1750. The molecule has 7 rings (SSSR count). The van der Waals surface area contributed by atoms with Gasteiger partial charge < -0.3 is 19.6 Å². The number of nitrogens with zero attached hydrogens (tertiary/aromatic N) is 6. The fraction of sp³-hybridized carbons (Fsp3) is 0.125. The van der Waals surface area contributed by atoms with Crippen LogP contribution in [0.1, 0.15) is 5.69 Å². The number of rotatable bonds is 4. The molecule has 0 fully saturated rings. The zero-order chi connectivity index (χ0) is 23.5. The molecule has 172 valence electrons. The molecule has 0 amide bonds. The van der Waals surface area contributed by atoms with Crippen molar-refractivity contribution in [1.82, 2.24) is 39.9 Å². The Morgan fingerprint density at radius 3 is 2.83 bits per heavy atom. The molecule has 3 N–H and O–H groups in total. The summed E-state index contributed by atoms with van der Waals surface area (Å²) in [6, 6.07) is 9.56. The maximum Gasteiger partial charge on any atom is 0.231 e. The summed E-state index contributed by atoms with van der Waals surface area (Å²) in [7, 11) is 1.81. The minimum atomic E-state index is -0.173. The van der Waals surface area contributed by atoms with Crippen molar-refractivity contribution in [3.05, 3.63) is 54.6 Å². The van der Waals surface area contributed by atoms with Crippen LogP contribution < -0.4 is 9.47 Å². The minimum absolute atomic E-state index is 0.173. The Morgan fingerprint density at radius 1 is 1.00 bits per heavy atom. The van der Waals surface area contributed by atoms with Gasteiger partial charge in [-0.3, -0.25) is 14.8 Å². The van der Waals surface area contributed by atoms with E-state index in [2.05, 4.69) is 25.3 Å². The van der Waals surface area contributed by atoms with E-state index in [0.717, 1.165) is 39.0 Å². The molecule has 6 heterocycles. The number of benzene rings is 1. The summed E-state index contributed by atoms with van der Waals surface area (Å²) in [5.74, 6) is 1.99. The molecule has 0 spiro atoms. The summed E-state index contributed by atoms with van der Waals surface area (Å²) in [5.41, 5.74) is 7.36. The average Bonchev–Trinajstić information content (AvgIpc) is 3.66. The van der Waals surface area contributed by atoms with Crippen LogP contribution in [0.5, 0.6) is 11.5 Å². The van der Waals surface area contributed by atoms with E-state index < -0.39 is 0 Å². The van der Waals surface area contributed by atoms with Crippen molar-refractivity contribution < 1.29 is 14.6 Å². The second kappa shape index (κ2) is 7.37. The molecular weight excluding hydrogens is 448 g/mol. The third kappa shape index (κ3) is 3.05. The van der Waals surface area contributed by atoms with E-state index in [1.54, 1.807) is 17.1 Å². The molecule has 11 heteroatoms. The van der Waals surface area contributed by atoms with Crippen molar-refractivity contribution >= 4 is 22.1 Å². The van der Waals surface area contributed by atoms with Crippen LogP contribution in [-0.2, 0) is 13.7 Å². The molecule has 5 aromatic heterocycles. The Kier molecular flexibility index (Phi) is 4.14. The predicted molar refractivity (Wildman–Crippen MR) is 126 cm³/mol. The highest BCUT2D eigenvalue weighted by molar-refractivity contribution is 5.96. The van der Waals surface area contributed by atoms with Crippen molar-refractivity contribution in [1.29, 1.82) is 0 Å². The summed E-state index contributed by atoms with van der Waals surface area (Å²) < 4.78 is 12.6. The number of aliphatic hydroxyl groups excluding tert-OH is 1. The molecule has 0 saturated carbocycles. The zero-order valence-corrected chi connectivity index (χ0v) is 18.5. The van der Waals surface area contributed by atoms with E-state index >= 15 is 0 Å². The first-order valence-electron chi connectivity index (χ1n) is 10.9. The van der Waals surface area contributed by atoms with Crippen LogP contribution in [0.15, 0.2) is 48.9 Å². The SMILES string of the molecule is Cn1cc(-c2ccc3[nH]nc(-c4nc5c(-c6ccc7c(c6)OCO7)cncc5[nH]4)c3n2)c(CO)n1. The highest BCUT2D eigenvalue weighted by atomic mass is 16.7. The fourth-order valence-corrected chi connectivity index (χ4v) is 4.40. The topological polar surface area (TPSA) is 140 Å². The van der Waals surface area contributed by atoms with Gasteiger partial charge in [-0.1, -0.05) is 6.07 Å². The number of aromatic amines is 2. The normalized spacial score (nSPS) is 12.7. The van der Waals surface area contributed by atoms with Gasteiger partial charge in [0.15, 0.2) is 23.0 Å². The number of fused-ring (bicyclic) bond motifs is 3. The number of aryl methyl sites for hydroxylation is 1. The van der Waals surface area contributed by atoms with Crippen molar-refractivity contribution in [3.8, 4) is 45.4 Å². The van der Waals surface area contributed by atoms with Crippen molar-refractivity contribution in [2.45, 2.75) is 6.61 Å².